The summed E-state index contributed by atoms with van der Waals surface area (Å²) in [4.78, 5) is 36.6. The van der Waals surface area contributed by atoms with Gasteiger partial charge >= 0.3 is 12.2 Å². The number of alkyl halides is 3. The van der Waals surface area contributed by atoms with E-state index in [1.807, 2.05) is 6.92 Å². The van der Waals surface area contributed by atoms with Gasteiger partial charge in [-0.3, -0.25) is 14.9 Å². The van der Waals surface area contributed by atoms with E-state index in [4.69, 9.17) is 0 Å². The predicted octanol–water partition coefficient (Wildman–Crippen LogP) is 3.48. The number of hydrogen-bond acceptors (Lipinski definition) is 3. The molecule has 1 saturated heterocycles. The second-order valence-electron chi connectivity index (χ2n) is 7.04. The zero-order valence-electron chi connectivity index (χ0n) is 16.1. The topological polar surface area (TPSA) is 87.3 Å². The van der Waals surface area contributed by atoms with E-state index in [1.54, 1.807) is 24.3 Å². The van der Waals surface area contributed by atoms with Crippen LogP contribution in [-0.4, -0.2) is 29.9 Å². The maximum atomic E-state index is 12.8. The number of amides is 4. The van der Waals surface area contributed by atoms with Crippen molar-refractivity contribution in [1.82, 2.24) is 16.0 Å². The second-order valence-corrected chi connectivity index (χ2v) is 7.04. The molecule has 1 aliphatic heterocycles. The Hall–Kier alpha value is -3.36. The number of benzene rings is 2. The van der Waals surface area contributed by atoms with Crippen LogP contribution >= 0.6 is 0 Å². The Balaban J connectivity index is 1.82. The van der Waals surface area contributed by atoms with Crippen LogP contribution in [0.25, 0.3) is 11.1 Å². The van der Waals surface area contributed by atoms with Gasteiger partial charge in [0.2, 0.25) is 0 Å². The summed E-state index contributed by atoms with van der Waals surface area (Å²) >= 11 is 0. The molecular formula is C21H20F3N3O3. The molecule has 9 heteroatoms. The van der Waals surface area contributed by atoms with Crippen molar-refractivity contribution in [3.63, 3.8) is 0 Å². The molecule has 0 bridgehead atoms. The lowest BCUT2D eigenvalue weighted by Gasteiger charge is -2.26. The Kier molecular flexibility index (Phi) is 5.82. The lowest BCUT2D eigenvalue weighted by atomic mass is 9.93. The van der Waals surface area contributed by atoms with Crippen LogP contribution in [0.4, 0.5) is 18.0 Å². The van der Waals surface area contributed by atoms with Gasteiger partial charge in [0, 0.05) is 5.56 Å². The molecule has 6 nitrogen and oxygen atoms in total. The first kappa shape index (κ1) is 21.4. The zero-order chi connectivity index (χ0) is 21.9. The monoisotopic (exact) mass is 419 g/mol. The first-order chi connectivity index (χ1) is 14.2. The van der Waals surface area contributed by atoms with Crippen LogP contribution in [0.1, 0.15) is 35.7 Å². The van der Waals surface area contributed by atoms with Crippen LogP contribution in [0.3, 0.4) is 0 Å². The SMILES string of the molecule is CCC[C@]1(CNC(=O)c2ccccc2-c2ccc(C(F)(F)F)cc2)NC(=O)NC1=O. The van der Waals surface area contributed by atoms with Crippen molar-refractivity contribution in [2.75, 3.05) is 6.54 Å². The first-order valence-corrected chi connectivity index (χ1v) is 9.35. The van der Waals surface area contributed by atoms with Crippen molar-refractivity contribution >= 4 is 17.8 Å². The molecule has 3 N–H and O–H groups in total. The summed E-state index contributed by atoms with van der Waals surface area (Å²) in [6, 6.07) is 10.4. The van der Waals surface area contributed by atoms with Crippen LogP contribution in [0, 0.1) is 0 Å². The molecule has 1 atom stereocenters. The standard InChI is InChI=1S/C21H20F3N3O3/c1-2-11-20(18(29)26-19(30)27-20)12-25-17(28)16-6-4-3-5-15(16)13-7-9-14(10-8-13)21(22,23)24/h3-10H,2,11-12H2,1H3,(H,25,28)(H2,26,27,29,30)/t20-/m1/s1. The fraction of sp³-hybridized carbons (Fsp3) is 0.286. The molecule has 0 saturated carbocycles. The Morgan fingerprint density at radius 3 is 2.30 bits per heavy atom. The molecule has 2 aromatic carbocycles. The molecule has 4 amide bonds. The Labute approximate surface area is 170 Å². The molecule has 1 heterocycles. The molecule has 158 valence electrons. The number of rotatable bonds is 6. The fourth-order valence-corrected chi connectivity index (χ4v) is 3.44. The van der Waals surface area contributed by atoms with E-state index in [0.29, 0.717) is 24.0 Å². The lowest BCUT2D eigenvalue weighted by Crippen LogP contribution is -2.55. The molecule has 30 heavy (non-hydrogen) atoms. The molecule has 0 aliphatic carbocycles. The summed E-state index contributed by atoms with van der Waals surface area (Å²) in [5.74, 6) is -1.01. The number of urea groups is 1. The van der Waals surface area contributed by atoms with Gasteiger partial charge in [0.1, 0.15) is 5.54 Å². The molecular weight excluding hydrogens is 399 g/mol. The van der Waals surface area contributed by atoms with Gasteiger partial charge < -0.3 is 10.6 Å². The maximum absolute atomic E-state index is 12.8. The third kappa shape index (κ3) is 4.29. The van der Waals surface area contributed by atoms with E-state index >= 15 is 0 Å². The number of hydrogen-bond donors (Lipinski definition) is 3. The van der Waals surface area contributed by atoms with E-state index in [0.717, 1.165) is 12.1 Å². The van der Waals surface area contributed by atoms with Crippen LogP contribution < -0.4 is 16.0 Å². The lowest BCUT2D eigenvalue weighted by molar-refractivity contribution is -0.137. The summed E-state index contributed by atoms with van der Waals surface area (Å²) in [6.07, 6.45) is -3.51. The minimum absolute atomic E-state index is 0.113. The first-order valence-electron chi connectivity index (χ1n) is 9.35. The summed E-state index contributed by atoms with van der Waals surface area (Å²) < 4.78 is 38.4. The Bertz CT molecular complexity index is 973. The number of carbonyl (C=O) groups is 3. The van der Waals surface area contributed by atoms with Crippen molar-refractivity contribution in [2.45, 2.75) is 31.5 Å². The zero-order valence-corrected chi connectivity index (χ0v) is 16.1. The third-order valence-corrected chi connectivity index (χ3v) is 4.94. The Morgan fingerprint density at radius 2 is 1.73 bits per heavy atom. The minimum Gasteiger partial charge on any atom is -0.349 e. The molecule has 2 aromatic rings. The summed E-state index contributed by atoms with van der Waals surface area (Å²) in [5.41, 5.74) is -0.867. The molecule has 1 aliphatic rings. The molecule has 0 aromatic heterocycles. The summed E-state index contributed by atoms with van der Waals surface area (Å²) in [7, 11) is 0. The third-order valence-electron chi connectivity index (χ3n) is 4.94. The van der Waals surface area contributed by atoms with Crippen molar-refractivity contribution in [1.29, 1.82) is 0 Å². The quantitative estimate of drug-likeness (QED) is 0.627. The molecule has 0 unspecified atom stereocenters. The number of imide groups is 1. The van der Waals surface area contributed by atoms with E-state index in [2.05, 4.69) is 16.0 Å². The maximum Gasteiger partial charge on any atom is 0.416 e. The van der Waals surface area contributed by atoms with Crippen LogP contribution in [-0.2, 0) is 11.0 Å². The van der Waals surface area contributed by atoms with E-state index in [9.17, 15) is 27.6 Å². The molecule has 3 rings (SSSR count). The van der Waals surface area contributed by atoms with Gasteiger partial charge in [-0.25, -0.2) is 4.79 Å². The fourth-order valence-electron chi connectivity index (χ4n) is 3.44. The van der Waals surface area contributed by atoms with Gasteiger partial charge in [0.15, 0.2) is 0 Å². The normalized spacial score (nSPS) is 18.7. The highest BCUT2D eigenvalue weighted by molar-refractivity contribution is 6.08. The number of carbonyl (C=O) groups excluding carboxylic acids is 3. The smallest absolute Gasteiger partial charge is 0.349 e. The van der Waals surface area contributed by atoms with Gasteiger partial charge in [-0.05, 0) is 35.7 Å². The highest BCUT2D eigenvalue weighted by Crippen LogP contribution is 2.32. The molecule has 0 spiro atoms. The molecule has 0 radical (unpaired) electrons. The van der Waals surface area contributed by atoms with Crippen molar-refractivity contribution in [2.24, 2.45) is 0 Å². The van der Waals surface area contributed by atoms with Crippen LogP contribution in [0.15, 0.2) is 48.5 Å². The van der Waals surface area contributed by atoms with Gasteiger partial charge in [0.05, 0.1) is 12.1 Å². The van der Waals surface area contributed by atoms with Crippen molar-refractivity contribution < 1.29 is 27.6 Å². The average Bonchev–Trinajstić information content (AvgIpc) is 2.99. The minimum atomic E-state index is -4.45. The van der Waals surface area contributed by atoms with Gasteiger partial charge in [-0.2, -0.15) is 13.2 Å². The van der Waals surface area contributed by atoms with Crippen molar-refractivity contribution in [3.05, 3.63) is 59.7 Å². The van der Waals surface area contributed by atoms with E-state index in [1.165, 1.54) is 12.1 Å². The van der Waals surface area contributed by atoms with E-state index < -0.39 is 35.1 Å². The predicted molar refractivity (Wildman–Crippen MR) is 104 cm³/mol. The van der Waals surface area contributed by atoms with Crippen molar-refractivity contribution in [3.8, 4) is 11.1 Å². The highest BCUT2D eigenvalue weighted by atomic mass is 19.4. The average molecular weight is 419 g/mol. The van der Waals surface area contributed by atoms with Crippen LogP contribution in [0.2, 0.25) is 0 Å². The van der Waals surface area contributed by atoms with Gasteiger partial charge in [-0.15, -0.1) is 0 Å². The number of halogens is 3. The largest absolute Gasteiger partial charge is 0.416 e. The van der Waals surface area contributed by atoms with Crippen LogP contribution in [0.5, 0.6) is 0 Å². The second kappa shape index (κ2) is 8.17. The van der Waals surface area contributed by atoms with Gasteiger partial charge in [0.25, 0.3) is 11.8 Å². The summed E-state index contributed by atoms with van der Waals surface area (Å²) in [5, 5.41) is 7.42. The highest BCUT2D eigenvalue weighted by Gasteiger charge is 2.45. The van der Waals surface area contributed by atoms with E-state index in [-0.39, 0.29) is 12.1 Å². The Morgan fingerprint density at radius 1 is 1.07 bits per heavy atom. The number of nitrogens with one attached hydrogen (secondary N) is 3. The molecule has 1 fully saturated rings. The van der Waals surface area contributed by atoms with Gasteiger partial charge in [-0.1, -0.05) is 43.7 Å². The summed E-state index contributed by atoms with van der Waals surface area (Å²) in [6.45, 7) is 1.74.